The van der Waals surface area contributed by atoms with Crippen LogP contribution < -0.4 is 0 Å². The zero-order chi connectivity index (χ0) is 16.7. The third-order valence-corrected chi connectivity index (χ3v) is 4.59. The molecule has 1 aromatic rings. The molecule has 0 radical (unpaired) electrons. The highest BCUT2D eigenvalue weighted by molar-refractivity contribution is 8.18. The van der Waals surface area contributed by atoms with E-state index in [2.05, 4.69) is 18.8 Å². The molecule has 1 amide bonds. The van der Waals surface area contributed by atoms with E-state index >= 15 is 0 Å². The molecule has 0 aliphatic carbocycles. The number of halogens is 1. The van der Waals surface area contributed by atoms with E-state index < -0.39 is 0 Å². The van der Waals surface area contributed by atoms with Gasteiger partial charge >= 0.3 is 0 Å². The number of carbonyl (C=O) groups excluding carboxylic acids is 1. The van der Waals surface area contributed by atoms with Gasteiger partial charge in [-0.3, -0.25) is 14.7 Å². The molecule has 0 aromatic heterocycles. The lowest BCUT2D eigenvalue weighted by atomic mass is 10.2. The van der Waals surface area contributed by atoms with Gasteiger partial charge in [0, 0.05) is 13.1 Å². The first kappa shape index (κ1) is 17.7. The van der Waals surface area contributed by atoms with Crippen molar-refractivity contribution in [1.82, 2.24) is 4.90 Å². The Morgan fingerprint density at radius 1 is 1.17 bits per heavy atom. The van der Waals surface area contributed by atoms with Gasteiger partial charge in [0.15, 0.2) is 5.17 Å². The largest absolute Gasteiger partial charge is 0.287 e. The molecule has 0 spiro atoms. The Labute approximate surface area is 141 Å². The maximum absolute atomic E-state index is 13.0. The minimum absolute atomic E-state index is 0.00280. The van der Waals surface area contributed by atoms with Crippen LogP contribution in [0.3, 0.4) is 0 Å². The fraction of sp³-hybridized carbons (Fsp3) is 0.444. The number of hydrogen-bond donors (Lipinski definition) is 0. The molecule has 1 aliphatic heterocycles. The molecular formula is C18H23FN2OS. The average molecular weight is 334 g/mol. The van der Waals surface area contributed by atoms with Gasteiger partial charge in [0.1, 0.15) is 5.82 Å². The van der Waals surface area contributed by atoms with Crippen molar-refractivity contribution >= 4 is 28.9 Å². The van der Waals surface area contributed by atoms with E-state index in [-0.39, 0.29) is 11.7 Å². The van der Waals surface area contributed by atoms with E-state index in [0.717, 1.165) is 43.0 Å². The quantitative estimate of drug-likeness (QED) is 0.535. The lowest BCUT2D eigenvalue weighted by molar-refractivity contribution is -0.122. The van der Waals surface area contributed by atoms with Crippen molar-refractivity contribution < 1.29 is 9.18 Å². The topological polar surface area (TPSA) is 32.7 Å². The van der Waals surface area contributed by atoms with Gasteiger partial charge < -0.3 is 0 Å². The van der Waals surface area contributed by atoms with Gasteiger partial charge in [-0.05, 0) is 48.4 Å². The fourth-order valence-electron chi connectivity index (χ4n) is 2.18. The molecule has 23 heavy (non-hydrogen) atoms. The minimum atomic E-state index is -0.274. The molecule has 0 atom stereocenters. The van der Waals surface area contributed by atoms with Crippen LogP contribution in [0.15, 0.2) is 34.2 Å². The van der Waals surface area contributed by atoms with Crippen LogP contribution in [0.25, 0.3) is 6.08 Å². The second-order valence-electron chi connectivity index (χ2n) is 5.49. The number of amidine groups is 1. The van der Waals surface area contributed by atoms with Crippen molar-refractivity contribution in [3.8, 4) is 0 Å². The Kier molecular flexibility index (Phi) is 6.84. The number of carbonyl (C=O) groups is 1. The van der Waals surface area contributed by atoms with Gasteiger partial charge in [0.25, 0.3) is 5.91 Å². The smallest absolute Gasteiger partial charge is 0.266 e. The van der Waals surface area contributed by atoms with Crippen molar-refractivity contribution in [2.24, 2.45) is 4.99 Å². The molecule has 1 heterocycles. The Balaban J connectivity index is 2.19. The maximum Gasteiger partial charge on any atom is 0.266 e. The van der Waals surface area contributed by atoms with Gasteiger partial charge in [0.2, 0.25) is 0 Å². The third-order valence-electron chi connectivity index (χ3n) is 3.55. The number of amides is 1. The van der Waals surface area contributed by atoms with E-state index in [1.54, 1.807) is 17.0 Å². The van der Waals surface area contributed by atoms with Gasteiger partial charge in [-0.2, -0.15) is 0 Å². The summed E-state index contributed by atoms with van der Waals surface area (Å²) < 4.78 is 13.0. The molecule has 124 valence electrons. The van der Waals surface area contributed by atoms with Gasteiger partial charge in [-0.1, -0.05) is 38.8 Å². The molecule has 5 heteroatoms. The Morgan fingerprint density at radius 3 is 2.52 bits per heavy atom. The first-order valence-electron chi connectivity index (χ1n) is 8.17. The van der Waals surface area contributed by atoms with Crippen LogP contribution in [0.5, 0.6) is 0 Å². The first-order chi connectivity index (χ1) is 11.2. The molecule has 0 saturated carbocycles. The summed E-state index contributed by atoms with van der Waals surface area (Å²) in [6.45, 7) is 5.69. The standard InChI is InChI=1S/C18H23FN2OS/c1-3-5-11-20-18-21(12-6-4-2)17(22)16(23-18)13-14-7-9-15(19)10-8-14/h7-10,13H,3-6,11-12H2,1-2H3/b16-13-,20-18?. The number of aliphatic imine (C=N–C) groups is 1. The number of nitrogens with zero attached hydrogens (tertiary/aromatic N) is 2. The van der Waals surface area contributed by atoms with Crippen molar-refractivity contribution in [1.29, 1.82) is 0 Å². The minimum Gasteiger partial charge on any atom is -0.287 e. The zero-order valence-corrected chi connectivity index (χ0v) is 14.5. The Bertz CT molecular complexity index is 596. The molecule has 0 N–H and O–H groups in total. The number of rotatable bonds is 7. The number of benzene rings is 1. The summed E-state index contributed by atoms with van der Waals surface area (Å²) in [4.78, 5) is 19.6. The van der Waals surface area contributed by atoms with Crippen molar-refractivity contribution in [3.63, 3.8) is 0 Å². The van der Waals surface area contributed by atoms with Crippen LogP contribution in [0, 0.1) is 5.82 Å². The summed E-state index contributed by atoms with van der Waals surface area (Å²) in [5, 5.41) is 0.797. The predicted octanol–water partition coefficient (Wildman–Crippen LogP) is 4.70. The molecule has 1 fully saturated rings. The van der Waals surface area contributed by atoms with Crippen LogP contribution in [-0.4, -0.2) is 29.1 Å². The molecular weight excluding hydrogens is 311 g/mol. The second kappa shape index (κ2) is 8.87. The summed E-state index contributed by atoms with van der Waals surface area (Å²) in [6.07, 6.45) is 5.92. The monoisotopic (exact) mass is 334 g/mol. The normalized spacial score (nSPS) is 18.4. The predicted molar refractivity (Wildman–Crippen MR) is 95.8 cm³/mol. The third kappa shape index (κ3) is 4.93. The highest BCUT2D eigenvalue weighted by Gasteiger charge is 2.32. The summed E-state index contributed by atoms with van der Waals surface area (Å²) in [7, 11) is 0. The van der Waals surface area contributed by atoms with E-state index in [1.165, 1.54) is 23.9 Å². The lowest BCUT2D eigenvalue weighted by Crippen LogP contribution is -2.30. The van der Waals surface area contributed by atoms with Crippen LogP contribution in [-0.2, 0) is 4.79 Å². The molecule has 3 nitrogen and oxygen atoms in total. The summed E-state index contributed by atoms with van der Waals surface area (Å²) >= 11 is 1.42. The second-order valence-corrected chi connectivity index (χ2v) is 6.50. The first-order valence-corrected chi connectivity index (χ1v) is 8.98. The molecule has 0 bridgehead atoms. The van der Waals surface area contributed by atoms with E-state index in [9.17, 15) is 9.18 Å². The van der Waals surface area contributed by atoms with E-state index in [0.29, 0.717) is 11.4 Å². The summed E-state index contributed by atoms with van der Waals surface area (Å²) in [5.41, 5.74) is 0.826. The van der Waals surface area contributed by atoms with Crippen molar-refractivity contribution in [3.05, 3.63) is 40.6 Å². The van der Waals surface area contributed by atoms with Crippen LogP contribution in [0.1, 0.15) is 45.1 Å². The maximum atomic E-state index is 13.0. The molecule has 1 aromatic carbocycles. The molecule has 1 aliphatic rings. The number of thioether (sulfide) groups is 1. The molecule has 1 saturated heterocycles. The lowest BCUT2D eigenvalue weighted by Gasteiger charge is -2.14. The SMILES string of the molecule is CCCCN=C1S/C(=C\c2ccc(F)cc2)C(=O)N1CCCC. The van der Waals surface area contributed by atoms with E-state index in [4.69, 9.17) is 0 Å². The van der Waals surface area contributed by atoms with Crippen molar-refractivity contribution in [2.45, 2.75) is 39.5 Å². The average Bonchev–Trinajstić information content (AvgIpc) is 2.83. The van der Waals surface area contributed by atoms with Crippen LogP contribution in [0.2, 0.25) is 0 Å². The van der Waals surface area contributed by atoms with Gasteiger partial charge in [-0.25, -0.2) is 4.39 Å². The Morgan fingerprint density at radius 2 is 1.87 bits per heavy atom. The molecule has 2 rings (SSSR count). The molecule has 0 unspecified atom stereocenters. The van der Waals surface area contributed by atoms with E-state index in [1.807, 2.05) is 6.08 Å². The van der Waals surface area contributed by atoms with Gasteiger partial charge in [-0.15, -0.1) is 0 Å². The van der Waals surface area contributed by atoms with Crippen LogP contribution in [0.4, 0.5) is 4.39 Å². The summed E-state index contributed by atoms with van der Waals surface area (Å²) in [6, 6.07) is 6.17. The number of unbranched alkanes of at least 4 members (excludes halogenated alkanes) is 2. The summed E-state index contributed by atoms with van der Waals surface area (Å²) in [5.74, 6) is -0.271. The highest BCUT2D eigenvalue weighted by atomic mass is 32.2. The van der Waals surface area contributed by atoms with Gasteiger partial charge in [0.05, 0.1) is 4.91 Å². The number of hydrogen-bond acceptors (Lipinski definition) is 3. The Hall–Kier alpha value is -1.62. The highest BCUT2D eigenvalue weighted by Crippen LogP contribution is 2.32. The van der Waals surface area contributed by atoms with Crippen LogP contribution >= 0.6 is 11.8 Å². The van der Waals surface area contributed by atoms with Crippen molar-refractivity contribution in [2.75, 3.05) is 13.1 Å². The fourth-order valence-corrected chi connectivity index (χ4v) is 3.21. The zero-order valence-electron chi connectivity index (χ0n) is 13.7.